The van der Waals surface area contributed by atoms with Gasteiger partial charge in [0.2, 0.25) is 5.78 Å². The highest BCUT2D eigenvalue weighted by Crippen LogP contribution is 2.54. The third kappa shape index (κ3) is 3.36. The van der Waals surface area contributed by atoms with Gasteiger partial charge in [-0.2, -0.15) is 4.98 Å². The van der Waals surface area contributed by atoms with Crippen LogP contribution in [0.4, 0.5) is 5.69 Å². The Hall–Kier alpha value is -4.19. The summed E-state index contributed by atoms with van der Waals surface area (Å²) in [7, 11) is 3.55. The SMILES string of the molecule is CC(C)c1noc(-c2cc(N(C)C)c3c(c2O)C(O)=C2C(=O)[C@]4(O)C(O)=C(C(N)=O)C(=O)C[C@@H]4C[C@@H]2C3)n1. The van der Waals surface area contributed by atoms with E-state index in [0.717, 1.165) is 0 Å². The Morgan fingerprint density at radius 3 is 2.47 bits per heavy atom. The molecular weight excluding hydrogens is 496 g/mol. The Labute approximate surface area is 217 Å². The number of aromatic hydroxyl groups is 1. The molecule has 1 amide bonds. The molecule has 200 valence electrons. The van der Waals surface area contributed by atoms with Gasteiger partial charge in [-0.15, -0.1) is 0 Å². The molecule has 0 radical (unpaired) electrons. The summed E-state index contributed by atoms with van der Waals surface area (Å²) in [4.78, 5) is 44.2. The molecule has 3 atom stereocenters. The molecule has 1 fully saturated rings. The second kappa shape index (κ2) is 8.42. The van der Waals surface area contributed by atoms with Crippen molar-refractivity contribution >= 4 is 28.9 Å². The summed E-state index contributed by atoms with van der Waals surface area (Å²) in [5.74, 6) is -6.43. The van der Waals surface area contributed by atoms with Gasteiger partial charge in [0.05, 0.1) is 11.1 Å². The quantitative estimate of drug-likeness (QED) is 0.364. The lowest BCUT2D eigenvalue weighted by Gasteiger charge is -2.46. The van der Waals surface area contributed by atoms with Crippen molar-refractivity contribution < 1.29 is 39.3 Å². The predicted octanol–water partition coefficient (Wildman–Crippen LogP) is 1.66. The number of amides is 1. The van der Waals surface area contributed by atoms with E-state index in [-0.39, 0.29) is 47.8 Å². The lowest BCUT2D eigenvalue weighted by Crippen LogP contribution is -2.58. The van der Waals surface area contributed by atoms with Crippen LogP contribution in [0.3, 0.4) is 0 Å². The first-order valence-electron chi connectivity index (χ1n) is 12.2. The van der Waals surface area contributed by atoms with E-state index in [1.165, 1.54) is 0 Å². The molecule has 1 aromatic heterocycles. The van der Waals surface area contributed by atoms with Crippen LogP contribution in [0.1, 0.15) is 49.6 Å². The Bertz CT molecular complexity index is 1480. The Kier molecular flexibility index (Phi) is 5.64. The molecule has 1 heterocycles. The van der Waals surface area contributed by atoms with Gasteiger partial charge in [0.1, 0.15) is 22.8 Å². The smallest absolute Gasteiger partial charge is 0.261 e. The van der Waals surface area contributed by atoms with Gasteiger partial charge in [-0.05, 0) is 30.4 Å². The standard InChI is InChI=1S/C26H28N4O8/c1-9(2)24-28-25(38-29-24)13-8-14(30(3)4)12-6-10-5-11-7-15(31)18(23(27)36)22(35)26(11,37)21(34)16(10)20(33)17(12)19(13)32/h8-11,32-33,35,37H,5-7H2,1-4H3,(H2,27,36)/t10-,11+,26+/m1/s1. The number of phenolic OH excluding ortho intramolecular Hbond substituents is 1. The van der Waals surface area contributed by atoms with Crippen LogP contribution in [-0.4, -0.2) is 67.7 Å². The molecule has 0 spiro atoms. The number of hydrogen-bond donors (Lipinski definition) is 5. The van der Waals surface area contributed by atoms with Crippen molar-refractivity contribution in [3.8, 4) is 17.2 Å². The number of ketones is 2. The zero-order valence-electron chi connectivity index (χ0n) is 21.3. The molecule has 38 heavy (non-hydrogen) atoms. The van der Waals surface area contributed by atoms with E-state index < -0.39 is 57.8 Å². The summed E-state index contributed by atoms with van der Waals surface area (Å²) in [6.07, 6.45) is -0.126. The normalized spacial score (nSPS) is 24.9. The van der Waals surface area contributed by atoms with Gasteiger partial charge in [-0.25, -0.2) is 0 Å². The van der Waals surface area contributed by atoms with Crippen LogP contribution in [-0.2, 0) is 20.8 Å². The average molecular weight is 525 g/mol. The molecule has 2 aromatic rings. The second-order valence-corrected chi connectivity index (χ2v) is 10.6. The zero-order valence-corrected chi connectivity index (χ0v) is 21.3. The maximum Gasteiger partial charge on any atom is 0.261 e. The molecular formula is C26H28N4O8. The molecule has 1 aromatic carbocycles. The van der Waals surface area contributed by atoms with E-state index in [1.807, 2.05) is 13.8 Å². The number of nitrogens with two attached hydrogens (primary N) is 1. The molecule has 6 N–H and O–H groups in total. The Morgan fingerprint density at radius 1 is 1.21 bits per heavy atom. The molecule has 0 aliphatic heterocycles. The van der Waals surface area contributed by atoms with Crippen LogP contribution in [0.25, 0.3) is 17.2 Å². The van der Waals surface area contributed by atoms with Gasteiger partial charge < -0.3 is 35.6 Å². The highest BCUT2D eigenvalue weighted by atomic mass is 16.5. The van der Waals surface area contributed by atoms with E-state index in [2.05, 4.69) is 10.1 Å². The molecule has 1 saturated carbocycles. The number of rotatable bonds is 4. The lowest BCUT2D eigenvalue weighted by molar-refractivity contribution is -0.147. The van der Waals surface area contributed by atoms with Crippen LogP contribution < -0.4 is 10.6 Å². The number of aliphatic hydroxyl groups is 3. The van der Waals surface area contributed by atoms with Gasteiger partial charge >= 0.3 is 0 Å². The molecule has 3 aliphatic rings. The number of aliphatic hydroxyl groups excluding tert-OH is 2. The monoisotopic (exact) mass is 524 g/mol. The number of Topliss-reactive ketones (excluding diaryl/α,β-unsaturated/α-hetero) is 2. The van der Waals surface area contributed by atoms with E-state index in [4.69, 9.17) is 10.3 Å². The van der Waals surface area contributed by atoms with Crippen molar-refractivity contribution in [3.05, 3.63) is 39.9 Å². The molecule has 3 aliphatic carbocycles. The van der Waals surface area contributed by atoms with Gasteiger partial charge in [0.15, 0.2) is 17.2 Å². The highest BCUT2D eigenvalue weighted by molar-refractivity contribution is 6.22. The average Bonchev–Trinajstić information content (AvgIpc) is 3.31. The van der Waals surface area contributed by atoms with Crippen molar-refractivity contribution in [1.82, 2.24) is 10.1 Å². The van der Waals surface area contributed by atoms with E-state index in [1.54, 1.807) is 25.1 Å². The number of nitrogens with zero attached hydrogens (tertiary/aromatic N) is 3. The molecule has 5 rings (SSSR count). The third-order valence-electron chi connectivity index (χ3n) is 7.71. The fourth-order valence-electron chi connectivity index (χ4n) is 5.81. The fraction of sp³-hybridized carbons (Fsp3) is 0.423. The molecule has 0 unspecified atom stereocenters. The first-order chi connectivity index (χ1) is 17.8. The summed E-state index contributed by atoms with van der Waals surface area (Å²) in [5, 5.41) is 48.8. The maximum atomic E-state index is 13.7. The summed E-state index contributed by atoms with van der Waals surface area (Å²) in [5.41, 5.74) is 2.83. The van der Waals surface area contributed by atoms with Crippen molar-refractivity contribution in [2.24, 2.45) is 17.6 Å². The van der Waals surface area contributed by atoms with Crippen molar-refractivity contribution in [3.63, 3.8) is 0 Å². The number of aromatic nitrogens is 2. The highest BCUT2D eigenvalue weighted by Gasteiger charge is 2.60. The van der Waals surface area contributed by atoms with Gasteiger partial charge in [-0.3, -0.25) is 14.4 Å². The summed E-state index contributed by atoms with van der Waals surface area (Å²) >= 11 is 0. The molecule has 12 heteroatoms. The number of primary amides is 1. The third-order valence-corrected chi connectivity index (χ3v) is 7.71. The van der Waals surface area contributed by atoms with Crippen LogP contribution in [0.5, 0.6) is 5.75 Å². The Morgan fingerprint density at radius 2 is 1.89 bits per heavy atom. The number of fused-ring (bicyclic) bond motifs is 3. The second-order valence-electron chi connectivity index (χ2n) is 10.6. The minimum Gasteiger partial charge on any atom is -0.508 e. The number of hydrogen-bond acceptors (Lipinski definition) is 11. The van der Waals surface area contributed by atoms with Gasteiger partial charge in [0.25, 0.3) is 11.8 Å². The topological polar surface area (TPSA) is 200 Å². The van der Waals surface area contributed by atoms with Crippen LogP contribution in [0.2, 0.25) is 0 Å². The first-order valence-corrected chi connectivity index (χ1v) is 12.2. The van der Waals surface area contributed by atoms with Crippen LogP contribution in [0, 0.1) is 11.8 Å². The van der Waals surface area contributed by atoms with Crippen LogP contribution in [0.15, 0.2) is 27.5 Å². The number of phenols is 1. The van der Waals surface area contributed by atoms with E-state index in [9.17, 15) is 34.8 Å². The predicted molar refractivity (Wildman–Crippen MR) is 133 cm³/mol. The van der Waals surface area contributed by atoms with E-state index >= 15 is 0 Å². The van der Waals surface area contributed by atoms with E-state index in [0.29, 0.717) is 17.1 Å². The van der Waals surface area contributed by atoms with Gasteiger partial charge in [0, 0.05) is 43.6 Å². The largest absolute Gasteiger partial charge is 0.508 e. The summed E-state index contributed by atoms with van der Waals surface area (Å²) in [6.45, 7) is 3.75. The Balaban J connectivity index is 1.73. The minimum atomic E-state index is -2.62. The first kappa shape index (κ1) is 25.5. The van der Waals surface area contributed by atoms with Crippen molar-refractivity contribution in [2.75, 3.05) is 19.0 Å². The van der Waals surface area contributed by atoms with Gasteiger partial charge in [-0.1, -0.05) is 19.0 Å². The fourth-order valence-corrected chi connectivity index (χ4v) is 5.81. The minimum absolute atomic E-state index is 0.0168. The zero-order chi connectivity index (χ0) is 27.8. The maximum absolute atomic E-state index is 13.7. The number of benzene rings is 1. The van der Waals surface area contributed by atoms with Crippen LogP contribution >= 0.6 is 0 Å². The number of anilines is 1. The number of carbonyl (C=O) groups excluding carboxylic acids is 3. The number of carbonyl (C=O) groups is 3. The summed E-state index contributed by atoms with van der Waals surface area (Å²) in [6, 6.07) is 1.66. The van der Waals surface area contributed by atoms with Crippen molar-refractivity contribution in [1.29, 1.82) is 0 Å². The lowest BCUT2D eigenvalue weighted by atomic mass is 9.59. The molecule has 0 saturated heterocycles. The van der Waals surface area contributed by atoms with Crippen molar-refractivity contribution in [2.45, 2.75) is 44.6 Å². The molecule has 12 nitrogen and oxygen atoms in total. The summed E-state index contributed by atoms with van der Waals surface area (Å²) < 4.78 is 5.37. The molecule has 0 bridgehead atoms.